The van der Waals surface area contributed by atoms with Gasteiger partial charge < -0.3 is 0 Å². The van der Waals surface area contributed by atoms with Gasteiger partial charge in [-0.25, -0.2) is 4.98 Å². The molecular weight excluding hydrogens is 224 g/mol. The summed E-state index contributed by atoms with van der Waals surface area (Å²) < 4.78 is 1.65. The zero-order chi connectivity index (χ0) is 11.7. The third-order valence-corrected chi connectivity index (χ3v) is 2.76. The van der Waals surface area contributed by atoms with Gasteiger partial charge in [0.05, 0.1) is 16.8 Å². The fourth-order valence-electron chi connectivity index (χ4n) is 1.82. The molecule has 0 radical (unpaired) electrons. The smallest absolute Gasteiger partial charge is 0.261 e. The van der Waals surface area contributed by atoms with Crippen LogP contribution in [0.25, 0.3) is 10.9 Å². The van der Waals surface area contributed by atoms with Crippen molar-refractivity contribution in [3.05, 3.63) is 40.4 Å². The second kappa shape index (κ2) is 4.26. The molecule has 3 nitrogen and oxygen atoms in total. The summed E-state index contributed by atoms with van der Waals surface area (Å²) in [5.74, 6) is 0.874. The summed E-state index contributed by atoms with van der Waals surface area (Å²) in [6, 6.07) is 7.40. The molecule has 1 heterocycles. The zero-order valence-electron chi connectivity index (χ0n) is 9.27. The van der Waals surface area contributed by atoms with Crippen molar-refractivity contribution in [3.8, 4) is 0 Å². The third kappa shape index (κ3) is 1.71. The molecule has 1 aromatic heterocycles. The lowest BCUT2D eigenvalue weighted by Gasteiger charge is -2.14. The predicted molar refractivity (Wildman–Crippen MR) is 65.9 cm³/mol. The Balaban J connectivity index is 2.88. The van der Waals surface area contributed by atoms with Crippen LogP contribution in [-0.4, -0.2) is 9.55 Å². The molecule has 0 bridgehead atoms. The van der Waals surface area contributed by atoms with E-state index in [1.807, 2.05) is 32.0 Å². The van der Waals surface area contributed by atoms with Gasteiger partial charge in [0.1, 0.15) is 5.82 Å². The summed E-state index contributed by atoms with van der Waals surface area (Å²) >= 11 is 5.83. The lowest BCUT2D eigenvalue weighted by atomic mass is 10.2. The Bertz CT molecular complexity index is 575. The molecule has 0 spiro atoms. The van der Waals surface area contributed by atoms with Gasteiger partial charge in [-0.05, 0) is 26.0 Å². The lowest BCUT2D eigenvalue weighted by molar-refractivity contribution is 0.552. The second-order valence-corrected chi connectivity index (χ2v) is 4.21. The highest BCUT2D eigenvalue weighted by atomic mass is 35.5. The first-order valence-corrected chi connectivity index (χ1v) is 5.74. The number of para-hydroxylation sites is 1. The van der Waals surface area contributed by atoms with E-state index in [0.717, 1.165) is 0 Å². The zero-order valence-corrected chi connectivity index (χ0v) is 10.0. The van der Waals surface area contributed by atoms with Gasteiger partial charge in [0.25, 0.3) is 5.56 Å². The van der Waals surface area contributed by atoms with Gasteiger partial charge in [-0.2, -0.15) is 0 Å². The van der Waals surface area contributed by atoms with E-state index in [2.05, 4.69) is 4.98 Å². The Kier molecular flexibility index (Phi) is 2.97. The molecule has 1 aromatic carbocycles. The Morgan fingerprint density at radius 3 is 2.69 bits per heavy atom. The molecule has 0 aliphatic carbocycles. The fraction of sp³-hybridized carbons (Fsp3) is 0.333. The van der Waals surface area contributed by atoms with Crippen molar-refractivity contribution in [2.24, 2.45) is 0 Å². The number of fused-ring (bicyclic) bond motifs is 1. The summed E-state index contributed by atoms with van der Waals surface area (Å²) in [5.41, 5.74) is 0.691. The molecule has 0 fully saturated rings. The van der Waals surface area contributed by atoms with E-state index in [4.69, 9.17) is 11.6 Å². The molecule has 0 unspecified atom stereocenters. The number of alkyl halides is 1. The fourth-order valence-corrected chi connectivity index (χ4v) is 2.01. The molecule has 0 aliphatic heterocycles. The highest BCUT2D eigenvalue weighted by molar-refractivity contribution is 6.16. The summed E-state index contributed by atoms with van der Waals surface area (Å²) in [5, 5.41) is 0.644. The van der Waals surface area contributed by atoms with Crippen LogP contribution in [0.5, 0.6) is 0 Å². The van der Waals surface area contributed by atoms with E-state index >= 15 is 0 Å². The normalized spacial score (nSPS) is 11.2. The van der Waals surface area contributed by atoms with Crippen LogP contribution in [0.3, 0.4) is 0 Å². The van der Waals surface area contributed by atoms with Crippen molar-refractivity contribution >= 4 is 22.5 Å². The molecule has 4 heteroatoms. The quantitative estimate of drug-likeness (QED) is 0.752. The standard InChI is InChI=1S/C12H13ClN2O/c1-8(2)15-11(7-13)14-10-6-4-3-5-9(10)12(15)16/h3-6,8H,7H2,1-2H3. The Morgan fingerprint density at radius 2 is 2.06 bits per heavy atom. The largest absolute Gasteiger partial charge is 0.293 e. The van der Waals surface area contributed by atoms with Gasteiger partial charge in [0.15, 0.2) is 0 Å². The van der Waals surface area contributed by atoms with E-state index in [1.54, 1.807) is 10.6 Å². The first-order valence-electron chi connectivity index (χ1n) is 5.21. The number of nitrogens with zero attached hydrogens (tertiary/aromatic N) is 2. The average molecular weight is 237 g/mol. The topological polar surface area (TPSA) is 34.9 Å². The first kappa shape index (κ1) is 11.1. The maximum absolute atomic E-state index is 12.2. The van der Waals surface area contributed by atoms with Crippen molar-refractivity contribution in [2.75, 3.05) is 0 Å². The van der Waals surface area contributed by atoms with E-state index in [-0.39, 0.29) is 17.5 Å². The lowest BCUT2D eigenvalue weighted by Crippen LogP contribution is -2.26. The number of rotatable bonds is 2. The van der Waals surface area contributed by atoms with Crippen molar-refractivity contribution in [1.82, 2.24) is 9.55 Å². The molecule has 16 heavy (non-hydrogen) atoms. The molecule has 0 saturated heterocycles. The summed E-state index contributed by atoms with van der Waals surface area (Å²) in [6.07, 6.45) is 0. The minimum Gasteiger partial charge on any atom is -0.293 e. The molecule has 0 N–H and O–H groups in total. The van der Waals surface area contributed by atoms with Gasteiger partial charge in [0, 0.05) is 6.04 Å². The molecule has 2 rings (SSSR count). The highest BCUT2D eigenvalue weighted by Crippen LogP contribution is 2.12. The Labute approximate surface area is 98.7 Å². The van der Waals surface area contributed by atoms with Crippen LogP contribution in [0.1, 0.15) is 25.7 Å². The molecule has 0 atom stereocenters. The van der Waals surface area contributed by atoms with E-state index in [9.17, 15) is 4.79 Å². The number of aromatic nitrogens is 2. The summed E-state index contributed by atoms with van der Waals surface area (Å²) in [4.78, 5) is 16.6. The monoisotopic (exact) mass is 236 g/mol. The SMILES string of the molecule is CC(C)n1c(CCl)nc2ccccc2c1=O. The van der Waals surface area contributed by atoms with Crippen molar-refractivity contribution < 1.29 is 0 Å². The Morgan fingerprint density at radius 1 is 1.38 bits per heavy atom. The van der Waals surface area contributed by atoms with Crippen LogP contribution in [0.2, 0.25) is 0 Å². The van der Waals surface area contributed by atoms with Crippen LogP contribution in [0.4, 0.5) is 0 Å². The highest BCUT2D eigenvalue weighted by Gasteiger charge is 2.11. The van der Waals surface area contributed by atoms with E-state index in [0.29, 0.717) is 16.7 Å². The van der Waals surface area contributed by atoms with Crippen molar-refractivity contribution in [3.63, 3.8) is 0 Å². The van der Waals surface area contributed by atoms with Gasteiger partial charge in [-0.1, -0.05) is 12.1 Å². The van der Waals surface area contributed by atoms with Crippen LogP contribution < -0.4 is 5.56 Å². The molecule has 84 valence electrons. The number of hydrogen-bond donors (Lipinski definition) is 0. The van der Waals surface area contributed by atoms with Crippen molar-refractivity contribution in [2.45, 2.75) is 25.8 Å². The predicted octanol–water partition coefficient (Wildman–Crippen LogP) is 2.72. The number of benzene rings is 1. The van der Waals surface area contributed by atoms with Crippen LogP contribution in [0, 0.1) is 0 Å². The van der Waals surface area contributed by atoms with Gasteiger partial charge in [-0.15, -0.1) is 11.6 Å². The second-order valence-electron chi connectivity index (χ2n) is 3.95. The van der Waals surface area contributed by atoms with Crippen LogP contribution in [0.15, 0.2) is 29.1 Å². The molecule has 0 saturated carbocycles. The maximum Gasteiger partial charge on any atom is 0.261 e. The first-order chi connectivity index (χ1) is 7.65. The van der Waals surface area contributed by atoms with Gasteiger partial charge in [-0.3, -0.25) is 9.36 Å². The summed E-state index contributed by atoms with van der Waals surface area (Å²) in [7, 11) is 0. The van der Waals surface area contributed by atoms with Gasteiger partial charge >= 0.3 is 0 Å². The summed E-state index contributed by atoms with van der Waals surface area (Å²) in [6.45, 7) is 3.90. The maximum atomic E-state index is 12.2. The Hall–Kier alpha value is -1.35. The van der Waals surface area contributed by atoms with Gasteiger partial charge in [0.2, 0.25) is 0 Å². The number of hydrogen-bond acceptors (Lipinski definition) is 2. The minimum atomic E-state index is -0.0174. The molecule has 2 aromatic rings. The van der Waals surface area contributed by atoms with E-state index < -0.39 is 0 Å². The molecular formula is C12H13ClN2O. The minimum absolute atomic E-state index is 0.0174. The molecule has 0 aliphatic rings. The van der Waals surface area contributed by atoms with E-state index in [1.165, 1.54) is 0 Å². The average Bonchev–Trinajstić information content (AvgIpc) is 2.28. The van der Waals surface area contributed by atoms with Crippen LogP contribution >= 0.6 is 11.6 Å². The third-order valence-electron chi connectivity index (χ3n) is 2.52. The van der Waals surface area contributed by atoms with Crippen molar-refractivity contribution in [1.29, 1.82) is 0 Å². The number of halogens is 1. The molecule has 0 amide bonds. The van der Waals surface area contributed by atoms with Crippen LogP contribution in [-0.2, 0) is 5.88 Å².